The number of aryl methyl sites for hydroxylation is 2. The third kappa shape index (κ3) is 1.96. The number of hydrogen-bond acceptors (Lipinski definition) is 2. The van der Waals surface area contributed by atoms with Gasteiger partial charge in [0.1, 0.15) is 0 Å². The lowest BCUT2D eigenvalue weighted by atomic mass is 10.4. The molecule has 0 aliphatic heterocycles. The van der Waals surface area contributed by atoms with Gasteiger partial charge >= 0.3 is 0 Å². The Labute approximate surface area is 71.0 Å². The van der Waals surface area contributed by atoms with E-state index >= 15 is 0 Å². The highest BCUT2D eigenvalue weighted by Crippen LogP contribution is 1.87. The highest BCUT2D eigenvalue weighted by Gasteiger charge is 1.94. The second kappa shape index (κ2) is 3.72. The SMILES string of the molecule is C#CCCn1nc(C)ccc1=O. The Hall–Kier alpha value is -1.56. The van der Waals surface area contributed by atoms with Crippen molar-refractivity contribution < 1.29 is 0 Å². The minimum atomic E-state index is -0.101. The molecule has 0 amide bonds. The summed E-state index contributed by atoms with van der Waals surface area (Å²) >= 11 is 0. The average molecular weight is 162 g/mol. The van der Waals surface area contributed by atoms with E-state index in [-0.39, 0.29) is 5.56 Å². The molecule has 3 nitrogen and oxygen atoms in total. The number of hydrogen-bond donors (Lipinski definition) is 0. The molecule has 0 atom stereocenters. The lowest BCUT2D eigenvalue weighted by Gasteiger charge is -2.00. The van der Waals surface area contributed by atoms with Crippen molar-refractivity contribution in [1.82, 2.24) is 9.78 Å². The Morgan fingerprint density at radius 2 is 2.42 bits per heavy atom. The first-order valence-electron chi connectivity index (χ1n) is 3.72. The monoisotopic (exact) mass is 162 g/mol. The predicted molar refractivity (Wildman–Crippen MR) is 46.7 cm³/mol. The lowest BCUT2D eigenvalue weighted by molar-refractivity contribution is 0.582. The van der Waals surface area contributed by atoms with Crippen LogP contribution in [0, 0.1) is 19.3 Å². The smallest absolute Gasteiger partial charge is 0.266 e. The molecule has 0 aromatic carbocycles. The molecule has 3 heteroatoms. The molecule has 0 spiro atoms. The minimum absolute atomic E-state index is 0.101. The Balaban J connectivity index is 2.92. The summed E-state index contributed by atoms with van der Waals surface area (Å²) in [6.07, 6.45) is 5.61. The van der Waals surface area contributed by atoms with E-state index < -0.39 is 0 Å². The summed E-state index contributed by atoms with van der Waals surface area (Å²) in [7, 11) is 0. The van der Waals surface area contributed by atoms with E-state index in [4.69, 9.17) is 6.42 Å². The van der Waals surface area contributed by atoms with Gasteiger partial charge < -0.3 is 0 Å². The maximum Gasteiger partial charge on any atom is 0.266 e. The highest BCUT2D eigenvalue weighted by molar-refractivity contribution is 4.97. The van der Waals surface area contributed by atoms with Crippen LogP contribution in [0.1, 0.15) is 12.1 Å². The largest absolute Gasteiger partial charge is 0.268 e. The van der Waals surface area contributed by atoms with Crippen molar-refractivity contribution in [2.24, 2.45) is 0 Å². The van der Waals surface area contributed by atoms with Gasteiger partial charge in [0, 0.05) is 12.5 Å². The molecule has 0 unspecified atom stereocenters. The van der Waals surface area contributed by atoms with Crippen molar-refractivity contribution in [3.05, 3.63) is 28.2 Å². The number of rotatable bonds is 2. The fourth-order valence-corrected chi connectivity index (χ4v) is 0.882. The van der Waals surface area contributed by atoms with Crippen molar-refractivity contribution in [3.63, 3.8) is 0 Å². The molecule has 1 rings (SSSR count). The summed E-state index contributed by atoms with van der Waals surface area (Å²) in [5.74, 6) is 2.46. The molecule has 12 heavy (non-hydrogen) atoms. The zero-order valence-corrected chi connectivity index (χ0v) is 6.95. The van der Waals surface area contributed by atoms with Crippen LogP contribution in [0.5, 0.6) is 0 Å². The number of aromatic nitrogens is 2. The summed E-state index contributed by atoms with van der Waals surface area (Å²) in [5, 5.41) is 4.02. The zero-order valence-electron chi connectivity index (χ0n) is 6.95. The Morgan fingerprint density at radius 3 is 3.08 bits per heavy atom. The molecule has 1 aromatic heterocycles. The normalized spacial score (nSPS) is 9.33. The second-order valence-corrected chi connectivity index (χ2v) is 2.49. The molecule has 1 heterocycles. The van der Waals surface area contributed by atoms with Crippen LogP contribution in [0.15, 0.2) is 16.9 Å². The van der Waals surface area contributed by atoms with Gasteiger partial charge in [-0.2, -0.15) is 5.10 Å². The van der Waals surface area contributed by atoms with Crippen LogP contribution < -0.4 is 5.56 Å². The molecule has 0 aliphatic rings. The first-order valence-corrected chi connectivity index (χ1v) is 3.72. The molecule has 1 aromatic rings. The molecule has 0 N–H and O–H groups in total. The number of terminal acetylenes is 1. The van der Waals surface area contributed by atoms with E-state index in [0.717, 1.165) is 5.69 Å². The Kier molecular flexibility index (Phi) is 2.65. The van der Waals surface area contributed by atoms with E-state index in [0.29, 0.717) is 13.0 Å². The molecule has 0 aliphatic carbocycles. The van der Waals surface area contributed by atoms with E-state index in [2.05, 4.69) is 11.0 Å². The van der Waals surface area contributed by atoms with E-state index in [1.165, 1.54) is 10.7 Å². The fourth-order valence-electron chi connectivity index (χ4n) is 0.882. The minimum Gasteiger partial charge on any atom is -0.268 e. The fraction of sp³-hybridized carbons (Fsp3) is 0.333. The van der Waals surface area contributed by atoms with Crippen LogP contribution >= 0.6 is 0 Å². The summed E-state index contributed by atoms with van der Waals surface area (Å²) in [4.78, 5) is 11.1. The highest BCUT2D eigenvalue weighted by atomic mass is 16.1. The van der Waals surface area contributed by atoms with Gasteiger partial charge in [-0.3, -0.25) is 4.79 Å². The van der Waals surface area contributed by atoms with E-state index in [1.807, 2.05) is 6.92 Å². The zero-order chi connectivity index (χ0) is 8.97. The predicted octanol–water partition coefficient (Wildman–Crippen LogP) is 0.575. The molecule has 0 fully saturated rings. The molecule has 0 radical (unpaired) electrons. The van der Waals surface area contributed by atoms with Crippen LogP contribution in [0.2, 0.25) is 0 Å². The Bertz CT molecular complexity index is 360. The van der Waals surface area contributed by atoms with Crippen LogP contribution in [0.4, 0.5) is 0 Å². The maximum atomic E-state index is 11.1. The van der Waals surface area contributed by atoms with Crippen LogP contribution in [0.3, 0.4) is 0 Å². The molecule has 0 saturated carbocycles. The van der Waals surface area contributed by atoms with Crippen LogP contribution in [-0.4, -0.2) is 9.78 Å². The van der Waals surface area contributed by atoms with Gasteiger partial charge in [-0.05, 0) is 13.0 Å². The summed E-state index contributed by atoms with van der Waals surface area (Å²) in [6.45, 7) is 2.34. The topological polar surface area (TPSA) is 34.9 Å². The van der Waals surface area contributed by atoms with Gasteiger partial charge in [-0.25, -0.2) is 4.68 Å². The van der Waals surface area contributed by atoms with E-state index in [1.54, 1.807) is 6.07 Å². The number of nitrogens with zero attached hydrogens (tertiary/aromatic N) is 2. The third-order valence-corrected chi connectivity index (χ3v) is 1.47. The third-order valence-electron chi connectivity index (χ3n) is 1.47. The van der Waals surface area contributed by atoms with Crippen molar-refractivity contribution in [2.45, 2.75) is 19.9 Å². The van der Waals surface area contributed by atoms with Gasteiger partial charge in [-0.1, -0.05) is 0 Å². The maximum absolute atomic E-state index is 11.1. The van der Waals surface area contributed by atoms with Crippen molar-refractivity contribution in [1.29, 1.82) is 0 Å². The molecule has 0 saturated heterocycles. The van der Waals surface area contributed by atoms with E-state index in [9.17, 15) is 4.79 Å². The van der Waals surface area contributed by atoms with Gasteiger partial charge in [0.15, 0.2) is 0 Å². The summed E-state index contributed by atoms with van der Waals surface area (Å²) < 4.78 is 1.38. The van der Waals surface area contributed by atoms with Gasteiger partial charge in [0.05, 0.1) is 12.2 Å². The first-order chi connectivity index (χ1) is 5.74. The Morgan fingerprint density at radius 1 is 1.67 bits per heavy atom. The van der Waals surface area contributed by atoms with Crippen molar-refractivity contribution in [2.75, 3.05) is 0 Å². The molecule has 0 bridgehead atoms. The van der Waals surface area contributed by atoms with Gasteiger partial charge in [-0.15, -0.1) is 12.3 Å². The van der Waals surface area contributed by atoms with Gasteiger partial charge in [0.2, 0.25) is 0 Å². The second-order valence-electron chi connectivity index (χ2n) is 2.49. The van der Waals surface area contributed by atoms with Crippen molar-refractivity contribution >= 4 is 0 Å². The summed E-state index contributed by atoms with van der Waals surface area (Å²) in [5.41, 5.74) is 0.725. The average Bonchev–Trinajstić information content (AvgIpc) is 2.07. The molecular formula is C9H10N2O. The van der Waals surface area contributed by atoms with Crippen LogP contribution in [-0.2, 0) is 6.54 Å². The summed E-state index contributed by atoms with van der Waals surface area (Å²) in [6, 6.07) is 3.19. The van der Waals surface area contributed by atoms with Crippen molar-refractivity contribution in [3.8, 4) is 12.3 Å². The van der Waals surface area contributed by atoms with Gasteiger partial charge in [0.25, 0.3) is 5.56 Å². The lowest BCUT2D eigenvalue weighted by Crippen LogP contribution is -2.22. The quantitative estimate of drug-likeness (QED) is 0.596. The molecule has 62 valence electrons. The standard InChI is InChI=1S/C9H10N2O/c1-3-4-7-11-9(12)6-5-8(2)10-11/h1,5-6H,4,7H2,2H3. The molecular weight excluding hydrogens is 152 g/mol. The van der Waals surface area contributed by atoms with Crippen LogP contribution in [0.25, 0.3) is 0 Å². The first kappa shape index (κ1) is 8.54.